The molecule has 178 valence electrons. The molecule has 3 aliphatic rings. The van der Waals surface area contributed by atoms with Crippen molar-refractivity contribution in [1.29, 1.82) is 0 Å². The van der Waals surface area contributed by atoms with Crippen LogP contribution >= 0.6 is 11.6 Å². The van der Waals surface area contributed by atoms with Crippen LogP contribution in [0.1, 0.15) is 51.4 Å². The number of Topliss-reactive ketones (excluding diaryl/α,β-unsaturated/α-hetero) is 1. The van der Waals surface area contributed by atoms with Gasteiger partial charge in [-0.05, 0) is 56.4 Å². The van der Waals surface area contributed by atoms with E-state index in [0.717, 1.165) is 25.0 Å². The molecule has 3 heterocycles. The van der Waals surface area contributed by atoms with E-state index < -0.39 is 29.0 Å². The number of rotatable bonds is 6. The summed E-state index contributed by atoms with van der Waals surface area (Å²) >= 11 is 5.83. The standard InChI is InChI=1S/C23H24ClFN6O3/c1-12-18(20(32)22(34)27-23(7-8-23)17-11-30(2)29-28-17)16-4-3-9-31(16)19(12)21(33)26-13-5-6-15(25)14(24)10-13/h5-6,10-11,28-29H,3-4,7-9H2,1-2H3,(H,26,33)(H,27,34)/p+1. The van der Waals surface area contributed by atoms with Gasteiger partial charge in [0.15, 0.2) is 0 Å². The van der Waals surface area contributed by atoms with E-state index in [0.29, 0.717) is 35.6 Å². The van der Waals surface area contributed by atoms with Crippen molar-refractivity contribution < 1.29 is 24.3 Å². The van der Waals surface area contributed by atoms with Crippen LogP contribution in [0, 0.1) is 12.7 Å². The summed E-state index contributed by atoms with van der Waals surface area (Å²) in [6.45, 7) is 2.25. The lowest BCUT2D eigenvalue weighted by Gasteiger charge is -2.16. The van der Waals surface area contributed by atoms with E-state index in [1.54, 1.807) is 17.0 Å². The van der Waals surface area contributed by atoms with Crippen LogP contribution in [0.2, 0.25) is 5.02 Å². The first kappa shape index (κ1) is 22.4. The Labute approximate surface area is 200 Å². The molecule has 2 aromatic rings. The molecular formula is C23H25ClFN6O3+. The Bertz CT molecular complexity index is 1270. The number of hydrogen-bond donors (Lipinski definition) is 4. The highest BCUT2D eigenvalue weighted by Crippen LogP contribution is 2.41. The molecule has 0 saturated heterocycles. The topological polar surface area (TPSA) is 112 Å². The van der Waals surface area contributed by atoms with Crippen molar-refractivity contribution >= 4 is 34.9 Å². The van der Waals surface area contributed by atoms with Crippen LogP contribution in [0.25, 0.3) is 0 Å². The minimum atomic E-state index is -0.685. The van der Waals surface area contributed by atoms with Gasteiger partial charge in [0, 0.05) is 17.9 Å². The average Bonchev–Trinajstić information content (AvgIpc) is 3.08. The summed E-state index contributed by atoms with van der Waals surface area (Å²) in [5, 5.41) is 7.38. The van der Waals surface area contributed by atoms with Crippen molar-refractivity contribution in [2.24, 2.45) is 0 Å². The molecule has 5 rings (SSSR count). The molecule has 9 nitrogen and oxygen atoms in total. The van der Waals surface area contributed by atoms with Gasteiger partial charge in [-0.3, -0.25) is 14.4 Å². The lowest BCUT2D eigenvalue weighted by Crippen LogP contribution is -2.96. The van der Waals surface area contributed by atoms with Crippen molar-refractivity contribution in [2.45, 2.75) is 44.7 Å². The Morgan fingerprint density at radius 2 is 2.03 bits per heavy atom. The Morgan fingerprint density at radius 3 is 2.68 bits per heavy atom. The number of anilines is 1. The van der Waals surface area contributed by atoms with Crippen LogP contribution in [0.3, 0.4) is 0 Å². The zero-order chi connectivity index (χ0) is 24.2. The number of hydrogen-bond acceptors (Lipinski definition) is 5. The quantitative estimate of drug-likeness (QED) is 0.279. The second-order valence-corrected chi connectivity index (χ2v) is 9.39. The van der Waals surface area contributed by atoms with Gasteiger partial charge in [-0.2, -0.15) is 0 Å². The fourth-order valence-electron chi connectivity index (χ4n) is 4.76. The predicted octanol–water partition coefficient (Wildman–Crippen LogP) is 1.39. The molecule has 0 spiro atoms. The van der Waals surface area contributed by atoms with Gasteiger partial charge in [-0.25, -0.2) is 14.8 Å². The van der Waals surface area contributed by atoms with E-state index in [4.69, 9.17) is 11.6 Å². The largest absolute Gasteiger partial charge is 0.340 e. The minimum absolute atomic E-state index is 0.105. The van der Waals surface area contributed by atoms with Crippen molar-refractivity contribution in [3.05, 3.63) is 63.5 Å². The minimum Gasteiger partial charge on any atom is -0.340 e. The molecular weight excluding hydrogens is 463 g/mol. The van der Waals surface area contributed by atoms with Crippen LogP contribution in [0.5, 0.6) is 0 Å². The fraction of sp³-hybridized carbons (Fsp3) is 0.348. The maximum atomic E-state index is 13.5. The molecule has 5 N–H and O–H groups in total. The molecule has 11 heteroatoms. The third-order valence-corrected chi connectivity index (χ3v) is 6.90. The Hall–Kier alpha value is -3.37. The lowest BCUT2D eigenvalue weighted by molar-refractivity contribution is -0.818. The summed E-state index contributed by atoms with van der Waals surface area (Å²) in [6, 6.07) is 3.91. The van der Waals surface area contributed by atoms with E-state index in [2.05, 4.69) is 16.1 Å². The number of nitrogens with two attached hydrogens (primary N) is 1. The maximum absolute atomic E-state index is 13.5. The number of nitrogens with zero attached hydrogens (tertiary/aromatic N) is 2. The molecule has 2 aliphatic heterocycles. The normalized spacial score (nSPS) is 17.6. The number of aromatic nitrogens is 1. The van der Waals surface area contributed by atoms with E-state index in [1.807, 2.05) is 18.3 Å². The number of carbonyl (C=O) groups excluding carboxylic acids is 3. The molecule has 0 unspecified atom stereocenters. The van der Waals surface area contributed by atoms with E-state index in [-0.39, 0.29) is 10.6 Å². The molecule has 2 amide bonds. The van der Waals surface area contributed by atoms with Crippen LogP contribution in [-0.2, 0) is 17.8 Å². The number of nitrogens with one attached hydrogen (secondary N) is 3. The number of fused-ring (bicyclic) bond motifs is 1. The van der Waals surface area contributed by atoms with Gasteiger partial charge in [0.25, 0.3) is 17.6 Å². The smallest absolute Gasteiger partial charge is 0.293 e. The zero-order valence-electron chi connectivity index (χ0n) is 18.8. The van der Waals surface area contributed by atoms with Crippen molar-refractivity contribution in [2.75, 3.05) is 12.4 Å². The van der Waals surface area contributed by atoms with Crippen LogP contribution in [-0.4, -0.2) is 39.8 Å². The van der Waals surface area contributed by atoms with Gasteiger partial charge >= 0.3 is 0 Å². The zero-order valence-corrected chi connectivity index (χ0v) is 19.6. The molecule has 1 aromatic heterocycles. The van der Waals surface area contributed by atoms with Crippen LogP contribution in [0.15, 0.2) is 30.1 Å². The van der Waals surface area contributed by atoms with Gasteiger partial charge in [0.1, 0.15) is 17.2 Å². The summed E-state index contributed by atoms with van der Waals surface area (Å²) < 4.78 is 15.3. The summed E-state index contributed by atoms with van der Waals surface area (Å²) in [5.74, 6) is -2.36. The fourth-order valence-corrected chi connectivity index (χ4v) is 4.94. The lowest BCUT2D eigenvalue weighted by atomic mass is 10.0. The second-order valence-electron chi connectivity index (χ2n) is 8.98. The number of ketones is 1. The number of benzene rings is 1. The highest BCUT2D eigenvalue weighted by atomic mass is 35.5. The van der Waals surface area contributed by atoms with Crippen LogP contribution < -0.4 is 21.6 Å². The van der Waals surface area contributed by atoms with Gasteiger partial charge in [-0.1, -0.05) is 11.6 Å². The summed E-state index contributed by atoms with van der Waals surface area (Å²) in [6.07, 6.45) is 4.75. The second kappa shape index (κ2) is 8.14. The number of quaternary nitrogens is 1. The van der Waals surface area contributed by atoms with Gasteiger partial charge in [-0.15, -0.1) is 5.53 Å². The van der Waals surface area contributed by atoms with E-state index in [1.165, 1.54) is 18.2 Å². The monoisotopic (exact) mass is 487 g/mol. The highest BCUT2D eigenvalue weighted by Gasteiger charge is 2.51. The highest BCUT2D eigenvalue weighted by molar-refractivity contribution is 6.44. The Kier molecular flexibility index (Phi) is 5.37. The first-order chi connectivity index (χ1) is 16.2. The molecule has 1 fully saturated rings. The SMILES string of the molecule is Cc1c(C(=O)C(=O)NC2(C3=CN(C)[NH2+]N3)CC2)c2n(c1C(=O)Nc1ccc(F)c(Cl)c1)CCC2. The molecule has 1 saturated carbocycles. The van der Waals surface area contributed by atoms with Crippen LogP contribution in [0.4, 0.5) is 10.1 Å². The first-order valence-corrected chi connectivity index (χ1v) is 11.5. The number of amides is 2. The van der Waals surface area contributed by atoms with Gasteiger partial charge < -0.3 is 15.2 Å². The maximum Gasteiger partial charge on any atom is 0.293 e. The third kappa shape index (κ3) is 3.72. The number of carbonyl (C=O) groups is 3. The van der Waals surface area contributed by atoms with E-state index in [9.17, 15) is 18.8 Å². The average molecular weight is 488 g/mol. The molecule has 0 bridgehead atoms. The number of halogens is 2. The van der Waals surface area contributed by atoms with Crippen molar-refractivity contribution in [3.8, 4) is 0 Å². The Balaban J connectivity index is 1.40. The molecule has 1 aromatic carbocycles. The summed E-state index contributed by atoms with van der Waals surface area (Å²) in [7, 11) is 1.88. The molecule has 0 radical (unpaired) electrons. The van der Waals surface area contributed by atoms with Crippen molar-refractivity contribution in [3.63, 3.8) is 0 Å². The molecule has 1 aliphatic carbocycles. The first-order valence-electron chi connectivity index (χ1n) is 11.1. The Morgan fingerprint density at radius 1 is 1.26 bits per heavy atom. The summed E-state index contributed by atoms with van der Waals surface area (Å²) in [5.41, 5.74) is 7.31. The van der Waals surface area contributed by atoms with Gasteiger partial charge in [0.05, 0.1) is 29.4 Å². The molecule has 34 heavy (non-hydrogen) atoms. The van der Waals surface area contributed by atoms with Gasteiger partial charge in [0.2, 0.25) is 0 Å². The predicted molar refractivity (Wildman–Crippen MR) is 122 cm³/mol. The van der Waals surface area contributed by atoms with E-state index >= 15 is 0 Å². The third-order valence-electron chi connectivity index (χ3n) is 6.61. The summed E-state index contributed by atoms with van der Waals surface area (Å²) in [4.78, 5) is 39.5. The molecule has 0 atom stereocenters. The van der Waals surface area contributed by atoms with Crippen molar-refractivity contribution in [1.82, 2.24) is 20.3 Å².